The summed E-state index contributed by atoms with van der Waals surface area (Å²) in [6.07, 6.45) is 4.34. The maximum absolute atomic E-state index is 5.45. The number of hydrogen-bond donors (Lipinski definition) is 0. The van der Waals surface area contributed by atoms with Crippen molar-refractivity contribution in [3.05, 3.63) is 47.9 Å². The van der Waals surface area contributed by atoms with E-state index in [4.69, 9.17) is 4.74 Å². The standard InChI is InChI=1S/C13H12N2O/c1-2-10-8-16-7-5-11(10)12(3-1)13-4-6-14-9-15-13/h1-4,6,9H,5,7-8H2. The van der Waals surface area contributed by atoms with Crippen LogP contribution in [0, 0.1) is 0 Å². The van der Waals surface area contributed by atoms with Crippen LogP contribution in [-0.2, 0) is 17.8 Å². The molecule has 1 aliphatic heterocycles. The van der Waals surface area contributed by atoms with Crippen LogP contribution in [0.15, 0.2) is 36.8 Å². The maximum Gasteiger partial charge on any atom is 0.116 e. The Bertz CT molecular complexity index is 497. The van der Waals surface area contributed by atoms with E-state index in [1.807, 2.05) is 6.07 Å². The van der Waals surface area contributed by atoms with Gasteiger partial charge >= 0.3 is 0 Å². The van der Waals surface area contributed by atoms with E-state index in [0.717, 1.165) is 18.7 Å². The van der Waals surface area contributed by atoms with Gasteiger partial charge < -0.3 is 4.74 Å². The van der Waals surface area contributed by atoms with Crippen LogP contribution in [0.1, 0.15) is 11.1 Å². The van der Waals surface area contributed by atoms with E-state index in [9.17, 15) is 0 Å². The molecule has 0 radical (unpaired) electrons. The van der Waals surface area contributed by atoms with E-state index in [1.54, 1.807) is 12.5 Å². The van der Waals surface area contributed by atoms with Gasteiger partial charge in [0.2, 0.25) is 0 Å². The van der Waals surface area contributed by atoms with E-state index in [0.29, 0.717) is 6.61 Å². The first-order valence-electron chi connectivity index (χ1n) is 5.40. The van der Waals surface area contributed by atoms with Crippen LogP contribution in [0.25, 0.3) is 11.3 Å². The summed E-state index contributed by atoms with van der Waals surface area (Å²) in [5.41, 5.74) is 4.85. The molecule has 2 heterocycles. The molecule has 80 valence electrons. The highest BCUT2D eigenvalue weighted by atomic mass is 16.5. The molecule has 0 spiro atoms. The van der Waals surface area contributed by atoms with Gasteiger partial charge in [-0.25, -0.2) is 9.97 Å². The Hall–Kier alpha value is -1.74. The average Bonchev–Trinajstić information content (AvgIpc) is 2.39. The summed E-state index contributed by atoms with van der Waals surface area (Å²) in [6, 6.07) is 8.25. The van der Waals surface area contributed by atoms with Crippen LogP contribution in [0.3, 0.4) is 0 Å². The average molecular weight is 212 g/mol. The van der Waals surface area contributed by atoms with Crippen molar-refractivity contribution in [3.8, 4) is 11.3 Å². The van der Waals surface area contributed by atoms with E-state index in [-0.39, 0.29) is 0 Å². The van der Waals surface area contributed by atoms with Crippen LogP contribution in [0.5, 0.6) is 0 Å². The predicted octanol–water partition coefficient (Wildman–Crippen LogP) is 2.22. The third kappa shape index (κ3) is 1.59. The molecule has 3 nitrogen and oxygen atoms in total. The van der Waals surface area contributed by atoms with Gasteiger partial charge in [-0.15, -0.1) is 0 Å². The van der Waals surface area contributed by atoms with Crippen molar-refractivity contribution >= 4 is 0 Å². The molecule has 0 saturated carbocycles. The molecular weight excluding hydrogens is 200 g/mol. The first-order valence-corrected chi connectivity index (χ1v) is 5.40. The number of benzene rings is 1. The largest absolute Gasteiger partial charge is 0.376 e. The minimum Gasteiger partial charge on any atom is -0.376 e. The first-order chi connectivity index (χ1) is 7.95. The Kier molecular flexibility index (Phi) is 2.38. The molecule has 2 aromatic rings. The lowest BCUT2D eigenvalue weighted by Crippen LogP contribution is -2.11. The molecule has 1 aromatic heterocycles. The lowest BCUT2D eigenvalue weighted by molar-refractivity contribution is 0.111. The quantitative estimate of drug-likeness (QED) is 0.727. The zero-order valence-electron chi connectivity index (χ0n) is 8.89. The van der Waals surface area contributed by atoms with Gasteiger partial charge in [-0.05, 0) is 23.6 Å². The Labute approximate surface area is 94.1 Å². The fraction of sp³-hybridized carbons (Fsp3) is 0.231. The van der Waals surface area contributed by atoms with Crippen LogP contribution in [0.4, 0.5) is 0 Å². The highest BCUT2D eigenvalue weighted by molar-refractivity contribution is 5.65. The van der Waals surface area contributed by atoms with Gasteiger partial charge in [0.1, 0.15) is 6.33 Å². The Morgan fingerprint density at radius 2 is 2.19 bits per heavy atom. The summed E-state index contributed by atoms with van der Waals surface area (Å²) >= 11 is 0. The molecule has 0 aliphatic carbocycles. The molecule has 1 aliphatic rings. The van der Waals surface area contributed by atoms with Gasteiger partial charge in [-0.2, -0.15) is 0 Å². The molecule has 0 unspecified atom stereocenters. The summed E-state index contributed by atoms with van der Waals surface area (Å²) in [5.74, 6) is 0. The first kappa shape index (κ1) is 9.48. The van der Waals surface area contributed by atoms with Crippen molar-refractivity contribution in [3.63, 3.8) is 0 Å². The van der Waals surface area contributed by atoms with Crippen LogP contribution in [0.2, 0.25) is 0 Å². The monoisotopic (exact) mass is 212 g/mol. The maximum atomic E-state index is 5.45. The number of aromatic nitrogens is 2. The fourth-order valence-corrected chi connectivity index (χ4v) is 2.11. The van der Waals surface area contributed by atoms with E-state index < -0.39 is 0 Å². The second-order valence-electron chi connectivity index (χ2n) is 3.84. The molecule has 16 heavy (non-hydrogen) atoms. The number of fused-ring (bicyclic) bond motifs is 1. The number of hydrogen-bond acceptors (Lipinski definition) is 3. The molecule has 3 rings (SSSR count). The van der Waals surface area contributed by atoms with Crippen molar-refractivity contribution in [2.75, 3.05) is 6.61 Å². The van der Waals surface area contributed by atoms with Crippen molar-refractivity contribution in [2.24, 2.45) is 0 Å². The highest BCUT2D eigenvalue weighted by Gasteiger charge is 2.14. The van der Waals surface area contributed by atoms with E-state index in [1.165, 1.54) is 16.7 Å². The molecule has 0 bridgehead atoms. The third-order valence-electron chi connectivity index (χ3n) is 2.88. The molecule has 3 heteroatoms. The Balaban J connectivity index is 2.14. The Morgan fingerprint density at radius 1 is 1.19 bits per heavy atom. The minimum atomic E-state index is 0.717. The van der Waals surface area contributed by atoms with Crippen molar-refractivity contribution in [1.82, 2.24) is 9.97 Å². The smallest absolute Gasteiger partial charge is 0.116 e. The van der Waals surface area contributed by atoms with Crippen molar-refractivity contribution in [1.29, 1.82) is 0 Å². The minimum absolute atomic E-state index is 0.717. The van der Waals surface area contributed by atoms with Gasteiger partial charge in [0.15, 0.2) is 0 Å². The third-order valence-corrected chi connectivity index (χ3v) is 2.88. The zero-order chi connectivity index (χ0) is 10.8. The van der Waals surface area contributed by atoms with Crippen LogP contribution >= 0.6 is 0 Å². The number of nitrogens with zero attached hydrogens (tertiary/aromatic N) is 2. The molecule has 0 atom stereocenters. The van der Waals surface area contributed by atoms with Crippen molar-refractivity contribution < 1.29 is 4.74 Å². The summed E-state index contributed by atoms with van der Waals surface area (Å²) < 4.78 is 5.45. The van der Waals surface area contributed by atoms with Crippen LogP contribution in [-0.4, -0.2) is 16.6 Å². The molecule has 1 aromatic carbocycles. The second kappa shape index (κ2) is 4.02. The van der Waals surface area contributed by atoms with E-state index in [2.05, 4.69) is 28.2 Å². The highest BCUT2D eigenvalue weighted by Crippen LogP contribution is 2.27. The molecule has 0 fully saturated rings. The SMILES string of the molecule is c1cc2c(c(-c3ccncn3)c1)CCOC2. The summed E-state index contributed by atoms with van der Waals surface area (Å²) in [4.78, 5) is 8.25. The second-order valence-corrected chi connectivity index (χ2v) is 3.84. The molecule has 0 saturated heterocycles. The fourth-order valence-electron chi connectivity index (χ4n) is 2.11. The molecule has 0 amide bonds. The lowest BCUT2D eigenvalue weighted by atomic mass is 9.95. The topological polar surface area (TPSA) is 35.0 Å². The van der Waals surface area contributed by atoms with Gasteiger partial charge in [0.25, 0.3) is 0 Å². The summed E-state index contributed by atoms with van der Waals surface area (Å²) in [6.45, 7) is 1.52. The number of ether oxygens (including phenoxy) is 1. The summed E-state index contributed by atoms with van der Waals surface area (Å²) in [5, 5.41) is 0. The van der Waals surface area contributed by atoms with Crippen molar-refractivity contribution in [2.45, 2.75) is 13.0 Å². The Morgan fingerprint density at radius 3 is 3.06 bits per heavy atom. The van der Waals surface area contributed by atoms with Gasteiger partial charge in [0, 0.05) is 11.8 Å². The lowest BCUT2D eigenvalue weighted by Gasteiger charge is -2.19. The number of rotatable bonds is 1. The summed E-state index contributed by atoms with van der Waals surface area (Å²) in [7, 11) is 0. The zero-order valence-corrected chi connectivity index (χ0v) is 8.89. The predicted molar refractivity (Wildman–Crippen MR) is 60.8 cm³/mol. The van der Waals surface area contributed by atoms with Gasteiger partial charge in [-0.3, -0.25) is 0 Å². The molecular formula is C13H12N2O. The normalized spacial score (nSPS) is 14.5. The molecule has 0 N–H and O–H groups in total. The van der Waals surface area contributed by atoms with E-state index >= 15 is 0 Å². The van der Waals surface area contributed by atoms with Gasteiger partial charge in [0.05, 0.1) is 18.9 Å². The van der Waals surface area contributed by atoms with Crippen LogP contribution < -0.4 is 0 Å². The van der Waals surface area contributed by atoms with Gasteiger partial charge in [-0.1, -0.05) is 18.2 Å².